The molecule has 1 saturated heterocycles. The molecule has 4 aliphatic rings. The molecule has 0 aromatic heterocycles. The molecular weight excluding hydrogens is 638 g/mol. The number of aliphatic hydroxyl groups is 1. The molecule has 49 heavy (non-hydrogen) atoms. The highest BCUT2D eigenvalue weighted by molar-refractivity contribution is 5.90. The molecule has 2 aliphatic heterocycles. The van der Waals surface area contributed by atoms with Crippen LogP contribution in [0.2, 0.25) is 0 Å². The van der Waals surface area contributed by atoms with Crippen molar-refractivity contribution in [2.45, 2.75) is 128 Å². The number of piperidine rings is 1. The van der Waals surface area contributed by atoms with Crippen LogP contribution < -0.4 is 9.47 Å². The van der Waals surface area contributed by atoms with Crippen molar-refractivity contribution in [3.63, 3.8) is 0 Å². The lowest BCUT2D eigenvalue weighted by Crippen LogP contribution is -2.74. The van der Waals surface area contributed by atoms with E-state index >= 15 is 0 Å². The summed E-state index contributed by atoms with van der Waals surface area (Å²) < 4.78 is 34.1. The van der Waals surface area contributed by atoms with Gasteiger partial charge in [-0.3, -0.25) is 19.2 Å². The fourth-order valence-corrected chi connectivity index (χ4v) is 7.61. The second kappa shape index (κ2) is 12.7. The molecule has 2 bridgehead atoms. The summed E-state index contributed by atoms with van der Waals surface area (Å²) in [5.74, 6) is -3.63. The van der Waals surface area contributed by atoms with Gasteiger partial charge >= 0.3 is 24.1 Å². The van der Waals surface area contributed by atoms with Crippen LogP contribution in [0.15, 0.2) is 24.0 Å². The van der Waals surface area contributed by atoms with Crippen LogP contribution in [0, 0.1) is 5.92 Å². The van der Waals surface area contributed by atoms with Gasteiger partial charge in [0.25, 0.3) is 0 Å². The van der Waals surface area contributed by atoms with Gasteiger partial charge in [-0.05, 0) is 92.6 Å². The Hall–Kier alpha value is -3.97. The Balaban J connectivity index is 1.49. The molecule has 0 unspecified atom stereocenters. The summed E-state index contributed by atoms with van der Waals surface area (Å²) in [7, 11) is 1.96. The molecule has 0 amide bonds. The summed E-state index contributed by atoms with van der Waals surface area (Å²) >= 11 is 0. The molecule has 1 aromatic rings. The van der Waals surface area contributed by atoms with E-state index in [-0.39, 0.29) is 29.7 Å². The number of ether oxygens (including phenoxy) is 6. The Morgan fingerprint density at radius 1 is 1.02 bits per heavy atom. The van der Waals surface area contributed by atoms with E-state index in [0.29, 0.717) is 24.9 Å². The van der Waals surface area contributed by atoms with Crippen LogP contribution in [0.3, 0.4) is 0 Å². The zero-order valence-electron chi connectivity index (χ0n) is 29.7. The van der Waals surface area contributed by atoms with E-state index in [4.69, 9.17) is 28.4 Å². The number of likely N-dealkylation sites (tertiary alicyclic amines) is 1. The summed E-state index contributed by atoms with van der Waals surface area (Å²) in [5, 5.41) is 12.6. The Morgan fingerprint density at radius 3 is 2.33 bits per heavy atom. The van der Waals surface area contributed by atoms with Crippen molar-refractivity contribution >= 4 is 29.8 Å². The van der Waals surface area contributed by atoms with Crippen LogP contribution in [-0.4, -0.2) is 88.5 Å². The molecule has 1 N–H and O–H groups in total. The lowest BCUT2D eigenvalue weighted by molar-refractivity contribution is -0.172. The number of likely N-dealkylation sites (N-methyl/N-ethyl adjacent to an activating group) is 1. The first-order valence-electron chi connectivity index (χ1n) is 16.6. The molecule has 0 saturated carbocycles. The minimum atomic E-state index is -1.32. The number of esters is 3. The maximum Gasteiger partial charge on any atom is 0.514 e. The van der Waals surface area contributed by atoms with Gasteiger partial charge < -0.3 is 38.4 Å². The first-order chi connectivity index (χ1) is 22.6. The monoisotopic (exact) mass is 685 g/mol. The smallest absolute Gasteiger partial charge is 0.477 e. The molecule has 13 nitrogen and oxygen atoms in total. The summed E-state index contributed by atoms with van der Waals surface area (Å²) in [6.07, 6.45) is -1.30. The van der Waals surface area contributed by atoms with Gasteiger partial charge in [-0.2, -0.15) is 0 Å². The van der Waals surface area contributed by atoms with Gasteiger partial charge in [-0.25, -0.2) is 4.79 Å². The number of ketones is 1. The average Bonchev–Trinajstić information content (AvgIpc) is 3.30. The van der Waals surface area contributed by atoms with Gasteiger partial charge in [0.05, 0.1) is 23.4 Å². The molecule has 2 aliphatic carbocycles. The van der Waals surface area contributed by atoms with Crippen molar-refractivity contribution in [2.75, 3.05) is 13.6 Å². The zero-order chi connectivity index (χ0) is 36.3. The maximum atomic E-state index is 13.9. The van der Waals surface area contributed by atoms with Gasteiger partial charge in [0.15, 0.2) is 29.5 Å². The van der Waals surface area contributed by atoms with Gasteiger partial charge in [0.2, 0.25) is 0 Å². The molecule has 5 rings (SSSR count). The molecule has 1 fully saturated rings. The molecule has 2 heterocycles. The lowest BCUT2D eigenvalue weighted by Gasteiger charge is -2.61. The highest BCUT2D eigenvalue weighted by Crippen LogP contribution is 2.65. The van der Waals surface area contributed by atoms with Crippen LogP contribution >= 0.6 is 0 Å². The molecule has 268 valence electrons. The van der Waals surface area contributed by atoms with Crippen molar-refractivity contribution in [2.24, 2.45) is 5.92 Å². The predicted molar refractivity (Wildman–Crippen MR) is 173 cm³/mol. The fraction of sp³-hybridized carbons (Fsp3) is 0.639. The third-order valence-electron chi connectivity index (χ3n) is 9.55. The van der Waals surface area contributed by atoms with E-state index in [1.807, 2.05) is 13.1 Å². The Bertz CT molecular complexity index is 1580. The highest BCUT2D eigenvalue weighted by Gasteiger charge is 2.72. The van der Waals surface area contributed by atoms with Crippen molar-refractivity contribution in [1.82, 2.24) is 4.90 Å². The van der Waals surface area contributed by atoms with E-state index in [1.165, 1.54) is 13.8 Å². The quantitative estimate of drug-likeness (QED) is 0.225. The standard InChI is InChI=1S/C36H47NO12/c1-19(44-20(2)38)23(39)16-22(18-27(40)48-33(3,4)5)31(41)45-25-12-13-36(43)26-17-21-10-11-24(46-32(42)49-34(6,7)8)29-28(21)35(36,30(25)47-29)14-15-37(26)9/h10-12,19,22,26,30,43H,13-18H2,1-9H3/t19-,22-,26-,30-,35-,36+/m0/s1. The van der Waals surface area contributed by atoms with Crippen LogP contribution in [0.1, 0.15) is 92.2 Å². The van der Waals surface area contributed by atoms with Gasteiger partial charge in [-0.1, -0.05) is 6.07 Å². The summed E-state index contributed by atoms with van der Waals surface area (Å²) in [5.41, 5.74) is -2.43. The van der Waals surface area contributed by atoms with Crippen molar-refractivity contribution in [1.29, 1.82) is 0 Å². The molecular formula is C36H47NO12. The normalized spacial score (nSPS) is 26.6. The highest BCUT2D eigenvalue weighted by atomic mass is 16.7. The molecule has 1 aromatic carbocycles. The fourth-order valence-electron chi connectivity index (χ4n) is 7.61. The number of rotatable bonds is 9. The van der Waals surface area contributed by atoms with Crippen molar-refractivity contribution < 1.29 is 57.5 Å². The Kier molecular flexibility index (Phi) is 9.43. The van der Waals surface area contributed by atoms with E-state index in [0.717, 1.165) is 5.56 Å². The SMILES string of the molecule is CC(=O)O[C@@H](C)C(=O)C[C@@H](CC(=O)OC(C)(C)C)C(=O)OC1=CC[C@@]2(O)[C@@H]3Cc4ccc(OC(=O)OC(C)(C)C)c5c4[C@@]2(CCN3C)[C@H]1O5. The van der Waals surface area contributed by atoms with Gasteiger partial charge in [0.1, 0.15) is 17.0 Å². The van der Waals surface area contributed by atoms with Crippen LogP contribution in [-0.2, 0) is 50.0 Å². The second-order valence-electron chi connectivity index (χ2n) is 15.5. The van der Waals surface area contributed by atoms with E-state index < -0.39 is 83.0 Å². The van der Waals surface area contributed by atoms with Crippen LogP contribution in [0.5, 0.6) is 11.5 Å². The number of benzene rings is 1. The van der Waals surface area contributed by atoms with Crippen molar-refractivity contribution in [3.8, 4) is 11.5 Å². The molecule has 1 spiro atoms. The van der Waals surface area contributed by atoms with E-state index in [9.17, 15) is 29.1 Å². The van der Waals surface area contributed by atoms with Gasteiger partial charge in [0, 0.05) is 31.4 Å². The van der Waals surface area contributed by atoms with Crippen molar-refractivity contribution in [3.05, 3.63) is 35.1 Å². The molecule has 0 radical (unpaired) electrons. The first kappa shape index (κ1) is 36.3. The molecule has 13 heteroatoms. The molecule has 6 atom stereocenters. The Morgan fingerprint density at radius 2 is 1.69 bits per heavy atom. The van der Waals surface area contributed by atoms with Crippen LogP contribution in [0.4, 0.5) is 4.79 Å². The number of carbonyl (C=O) groups is 5. The number of nitrogens with zero attached hydrogens (tertiary/aromatic N) is 1. The predicted octanol–water partition coefficient (Wildman–Crippen LogP) is 4.08. The summed E-state index contributed by atoms with van der Waals surface area (Å²) in [6.45, 7) is 13.4. The van der Waals surface area contributed by atoms with Gasteiger partial charge in [-0.15, -0.1) is 0 Å². The minimum absolute atomic E-state index is 0.107. The summed E-state index contributed by atoms with van der Waals surface area (Å²) in [6, 6.07) is 3.21. The maximum absolute atomic E-state index is 13.9. The van der Waals surface area contributed by atoms with E-state index in [1.54, 1.807) is 53.7 Å². The second-order valence-corrected chi connectivity index (χ2v) is 15.5. The number of Topliss-reactive ketones (excluding diaryl/α,β-unsaturated/α-hetero) is 1. The Labute approximate surface area is 286 Å². The lowest BCUT2D eigenvalue weighted by atomic mass is 9.50. The zero-order valence-corrected chi connectivity index (χ0v) is 29.7. The first-order valence-corrected chi connectivity index (χ1v) is 16.6. The summed E-state index contributed by atoms with van der Waals surface area (Å²) in [4.78, 5) is 66.2. The number of hydrogen-bond acceptors (Lipinski definition) is 13. The largest absolute Gasteiger partial charge is 0.514 e. The van der Waals surface area contributed by atoms with Crippen LogP contribution in [0.25, 0.3) is 0 Å². The van der Waals surface area contributed by atoms with E-state index in [2.05, 4.69) is 4.90 Å². The third kappa shape index (κ3) is 6.92. The minimum Gasteiger partial charge on any atom is -0.477 e. The third-order valence-corrected chi connectivity index (χ3v) is 9.55. The number of hydrogen-bond donors (Lipinski definition) is 1. The average molecular weight is 686 g/mol. The number of carbonyl (C=O) groups excluding carboxylic acids is 5. The topological polar surface area (TPSA) is 164 Å².